The van der Waals surface area contributed by atoms with E-state index in [0.717, 1.165) is 6.42 Å². The third-order valence-corrected chi connectivity index (χ3v) is 4.21. The molecule has 2 aromatic carbocycles. The van der Waals surface area contributed by atoms with Crippen LogP contribution in [0.4, 0.5) is 0 Å². The molecule has 2 aromatic rings. The maximum Gasteiger partial charge on any atom is 0.220 e. The summed E-state index contributed by atoms with van der Waals surface area (Å²) in [4.78, 5) is 12.2. The molecular weight excluding hydrogens is 270 g/mol. The second kappa shape index (κ2) is 7.26. The smallest absolute Gasteiger partial charge is 0.220 e. The molecule has 22 heavy (non-hydrogen) atoms. The van der Waals surface area contributed by atoms with E-state index in [1.807, 2.05) is 18.2 Å². The highest BCUT2D eigenvalue weighted by Crippen LogP contribution is 2.21. The first-order valence-corrected chi connectivity index (χ1v) is 7.88. The van der Waals surface area contributed by atoms with Crippen molar-refractivity contribution in [2.45, 2.75) is 46.6 Å². The second-order valence-corrected chi connectivity index (χ2v) is 6.07. The van der Waals surface area contributed by atoms with Gasteiger partial charge in [-0.25, -0.2) is 0 Å². The Morgan fingerprint density at radius 2 is 1.64 bits per heavy atom. The largest absolute Gasteiger partial charge is 0.350 e. The van der Waals surface area contributed by atoms with Crippen molar-refractivity contribution >= 4 is 5.91 Å². The predicted molar refractivity (Wildman–Crippen MR) is 92.0 cm³/mol. The van der Waals surface area contributed by atoms with Gasteiger partial charge in [-0.15, -0.1) is 0 Å². The normalized spacial score (nSPS) is 12.0. The molecule has 1 N–H and O–H groups in total. The van der Waals surface area contributed by atoms with E-state index in [1.54, 1.807) is 0 Å². The lowest BCUT2D eigenvalue weighted by Gasteiger charge is -2.18. The molecule has 1 atom stereocenters. The quantitative estimate of drug-likeness (QED) is 0.869. The highest BCUT2D eigenvalue weighted by atomic mass is 16.1. The Hall–Kier alpha value is -2.09. The first-order chi connectivity index (χ1) is 10.5. The zero-order chi connectivity index (χ0) is 16.1. The van der Waals surface area contributed by atoms with Crippen LogP contribution in [0.1, 0.15) is 47.2 Å². The van der Waals surface area contributed by atoms with Crippen LogP contribution in [-0.4, -0.2) is 5.91 Å². The zero-order valence-corrected chi connectivity index (χ0v) is 13.9. The number of hydrogen-bond acceptors (Lipinski definition) is 1. The summed E-state index contributed by atoms with van der Waals surface area (Å²) >= 11 is 0. The van der Waals surface area contributed by atoms with Crippen LogP contribution >= 0.6 is 0 Å². The molecule has 2 rings (SSSR count). The summed E-state index contributed by atoms with van der Waals surface area (Å²) < 4.78 is 0. The first-order valence-electron chi connectivity index (χ1n) is 7.88. The van der Waals surface area contributed by atoms with E-state index in [4.69, 9.17) is 0 Å². The number of carbonyl (C=O) groups excluding carboxylic acids is 1. The molecule has 0 saturated heterocycles. The van der Waals surface area contributed by atoms with Crippen LogP contribution in [-0.2, 0) is 11.2 Å². The van der Waals surface area contributed by atoms with Crippen LogP contribution in [0.5, 0.6) is 0 Å². The Bertz CT molecular complexity index is 646. The van der Waals surface area contributed by atoms with Gasteiger partial charge in [0.05, 0.1) is 6.04 Å². The lowest BCUT2D eigenvalue weighted by Crippen LogP contribution is -2.27. The number of aryl methyl sites for hydroxylation is 4. The fourth-order valence-electron chi connectivity index (χ4n) is 2.74. The van der Waals surface area contributed by atoms with Crippen LogP contribution in [0.15, 0.2) is 42.5 Å². The van der Waals surface area contributed by atoms with E-state index in [2.05, 4.69) is 57.3 Å². The van der Waals surface area contributed by atoms with Gasteiger partial charge >= 0.3 is 0 Å². The van der Waals surface area contributed by atoms with Gasteiger partial charge in [-0.3, -0.25) is 4.79 Å². The van der Waals surface area contributed by atoms with Gasteiger partial charge in [-0.1, -0.05) is 42.5 Å². The van der Waals surface area contributed by atoms with E-state index < -0.39 is 0 Å². The molecule has 0 heterocycles. The van der Waals surface area contributed by atoms with Gasteiger partial charge in [0.1, 0.15) is 0 Å². The van der Waals surface area contributed by atoms with Crippen molar-refractivity contribution in [2.75, 3.05) is 0 Å². The number of benzene rings is 2. The van der Waals surface area contributed by atoms with E-state index >= 15 is 0 Å². The van der Waals surface area contributed by atoms with Crippen molar-refractivity contribution in [1.29, 1.82) is 0 Å². The number of carbonyl (C=O) groups is 1. The number of nitrogens with one attached hydrogen (secondary N) is 1. The Morgan fingerprint density at radius 1 is 1.00 bits per heavy atom. The lowest BCUT2D eigenvalue weighted by molar-refractivity contribution is -0.121. The summed E-state index contributed by atoms with van der Waals surface area (Å²) in [6.45, 7) is 8.39. The Morgan fingerprint density at radius 3 is 2.32 bits per heavy atom. The van der Waals surface area contributed by atoms with Crippen LogP contribution in [0.3, 0.4) is 0 Å². The van der Waals surface area contributed by atoms with Crippen molar-refractivity contribution < 1.29 is 4.79 Å². The van der Waals surface area contributed by atoms with Crippen molar-refractivity contribution in [2.24, 2.45) is 0 Å². The van der Waals surface area contributed by atoms with Crippen molar-refractivity contribution in [3.05, 3.63) is 70.3 Å². The average Bonchev–Trinajstić information content (AvgIpc) is 2.50. The van der Waals surface area contributed by atoms with Crippen LogP contribution in [0, 0.1) is 20.8 Å². The molecule has 0 bridgehead atoms. The van der Waals surface area contributed by atoms with Gasteiger partial charge in [0.2, 0.25) is 5.91 Å². The second-order valence-electron chi connectivity index (χ2n) is 6.07. The van der Waals surface area contributed by atoms with Gasteiger partial charge in [0.25, 0.3) is 0 Å². The summed E-state index contributed by atoms with van der Waals surface area (Å²) in [5, 5.41) is 3.11. The summed E-state index contributed by atoms with van der Waals surface area (Å²) in [5.41, 5.74) is 6.21. The Labute approximate surface area is 133 Å². The maximum absolute atomic E-state index is 12.2. The Balaban J connectivity index is 1.95. The topological polar surface area (TPSA) is 29.1 Å². The average molecular weight is 295 g/mol. The third kappa shape index (κ3) is 4.20. The molecule has 2 nitrogen and oxygen atoms in total. The summed E-state index contributed by atoms with van der Waals surface area (Å²) in [5.74, 6) is 0.106. The molecule has 0 aliphatic rings. The van der Waals surface area contributed by atoms with E-state index in [0.29, 0.717) is 6.42 Å². The molecule has 0 radical (unpaired) electrons. The van der Waals surface area contributed by atoms with E-state index in [-0.39, 0.29) is 11.9 Å². The molecular formula is C20H25NO. The van der Waals surface area contributed by atoms with Crippen LogP contribution in [0.25, 0.3) is 0 Å². The molecule has 2 heteroatoms. The molecule has 0 aliphatic heterocycles. The highest BCUT2D eigenvalue weighted by molar-refractivity contribution is 5.76. The monoisotopic (exact) mass is 295 g/mol. The van der Waals surface area contributed by atoms with Gasteiger partial charge < -0.3 is 5.32 Å². The number of hydrogen-bond donors (Lipinski definition) is 1. The van der Waals surface area contributed by atoms with Crippen molar-refractivity contribution in [3.8, 4) is 0 Å². The summed E-state index contributed by atoms with van der Waals surface area (Å²) in [6.07, 6.45) is 1.31. The molecule has 0 unspecified atom stereocenters. The number of rotatable bonds is 5. The molecule has 0 spiro atoms. The molecule has 0 fully saturated rings. The van der Waals surface area contributed by atoms with Crippen molar-refractivity contribution in [1.82, 2.24) is 5.32 Å². The SMILES string of the molecule is Cc1cc(C)c([C@H](C)NC(=O)CCc2ccccc2)cc1C. The summed E-state index contributed by atoms with van der Waals surface area (Å²) in [7, 11) is 0. The minimum atomic E-state index is 0.0440. The van der Waals surface area contributed by atoms with Gasteiger partial charge in [-0.2, -0.15) is 0 Å². The van der Waals surface area contributed by atoms with Crippen LogP contribution < -0.4 is 5.32 Å². The zero-order valence-electron chi connectivity index (χ0n) is 13.9. The molecule has 116 valence electrons. The molecule has 0 aliphatic carbocycles. The third-order valence-electron chi connectivity index (χ3n) is 4.21. The fraction of sp³-hybridized carbons (Fsp3) is 0.350. The minimum absolute atomic E-state index is 0.0440. The first kappa shape index (κ1) is 16.3. The van der Waals surface area contributed by atoms with Gasteiger partial charge in [0.15, 0.2) is 0 Å². The maximum atomic E-state index is 12.2. The van der Waals surface area contributed by atoms with Crippen LogP contribution in [0.2, 0.25) is 0 Å². The highest BCUT2D eigenvalue weighted by Gasteiger charge is 2.12. The Kier molecular flexibility index (Phi) is 5.37. The van der Waals surface area contributed by atoms with Gasteiger partial charge in [-0.05, 0) is 61.9 Å². The lowest BCUT2D eigenvalue weighted by atomic mass is 9.96. The predicted octanol–water partition coefficient (Wildman–Crippen LogP) is 4.42. The minimum Gasteiger partial charge on any atom is -0.350 e. The fourth-order valence-corrected chi connectivity index (χ4v) is 2.74. The molecule has 1 amide bonds. The standard InChI is InChI=1S/C20H25NO/c1-14-12-16(3)19(13-15(14)2)17(4)21-20(22)11-10-18-8-6-5-7-9-18/h5-9,12-13,17H,10-11H2,1-4H3,(H,21,22)/t17-/m0/s1. The molecule has 0 saturated carbocycles. The van der Waals surface area contributed by atoms with Gasteiger partial charge in [0, 0.05) is 6.42 Å². The summed E-state index contributed by atoms with van der Waals surface area (Å²) in [6, 6.07) is 14.6. The molecule has 0 aromatic heterocycles. The number of amides is 1. The van der Waals surface area contributed by atoms with E-state index in [1.165, 1.54) is 27.8 Å². The van der Waals surface area contributed by atoms with Crippen molar-refractivity contribution in [3.63, 3.8) is 0 Å². The van der Waals surface area contributed by atoms with E-state index in [9.17, 15) is 4.79 Å².